The van der Waals surface area contributed by atoms with E-state index >= 15 is 0 Å². The molecular formula is C32H36N4O8S4. The second-order valence-corrected chi connectivity index (χ2v) is 16.0. The molecule has 0 radical (unpaired) electrons. The Bertz CT molecular complexity index is 1380. The Morgan fingerprint density at radius 1 is 0.312 bits per heavy atom. The van der Waals surface area contributed by atoms with Gasteiger partial charge in [-0.25, -0.2) is 16.8 Å². The molecule has 0 aromatic heterocycles. The fourth-order valence-electron chi connectivity index (χ4n) is 4.25. The third kappa shape index (κ3) is 10.6. The summed E-state index contributed by atoms with van der Waals surface area (Å²) in [5.74, 6) is 0. The Labute approximate surface area is 290 Å². The standard InChI is InChI=1S/C32H36N4O8S4/c37-45(29-13-5-1-6-14-29)33-21-41-23-34(46(38)30-15-7-2-8-16-30)25-43-27-36(48(40)32-19-11-4-12-20-32)28-44-26-35(24-42-22-33)47(39)31-17-9-3-10-18-31/h1-20H,21-28H2/t45-,46+,47+,48-. The molecule has 1 saturated heterocycles. The van der Waals surface area contributed by atoms with Gasteiger partial charge in [0.15, 0.2) is 0 Å². The average molecular weight is 733 g/mol. The van der Waals surface area contributed by atoms with Crippen LogP contribution in [-0.2, 0) is 62.9 Å². The summed E-state index contributed by atoms with van der Waals surface area (Å²) in [5, 5.41) is 0. The summed E-state index contributed by atoms with van der Waals surface area (Å²) in [5.41, 5.74) is 0. The molecule has 5 rings (SSSR count). The van der Waals surface area contributed by atoms with Crippen molar-refractivity contribution >= 4 is 43.9 Å². The lowest BCUT2D eigenvalue weighted by Crippen LogP contribution is -2.40. The molecule has 0 saturated carbocycles. The average Bonchev–Trinajstić information content (AvgIpc) is 3.15. The smallest absolute Gasteiger partial charge is 0.131 e. The highest BCUT2D eigenvalue weighted by molar-refractivity contribution is 7.83. The molecule has 0 unspecified atom stereocenters. The van der Waals surface area contributed by atoms with Crippen molar-refractivity contribution in [3.05, 3.63) is 121 Å². The van der Waals surface area contributed by atoms with Crippen LogP contribution in [0.5, 0.6) is 0 Å². The van der Waals surface area contributed by atoms with Crippen LogP contribution in [0.25, 0.3) is 0 Å². The normalized spacial score (nSPS) is 20.0. The third-order valence-electron chi connectivity index (χ3n) is 6.60. The minimum absolute atomic E-state index is 0.160. The van der Waals surface area contributed by atoms with Gasteiger partial charge >= 0.3 is 0 Å². The first-order valence-corrected chi connectivity index (χ1v) is 19.1. The highest BCUT2D eigenvalue weighted by Gasteiger charge is 2.24. The van der Waals surface area contributed by atoms with E-state index in [1.54, 1.807) is 97.1 Å². The van der Waals surface area contributed by atoms with E-state index in [9.17, 15) is 16.8 Å². The van der Waals surface area contributed by atoms with Crippen LogP contribution in [0.4, 0.5) is 0 Å². The van der Waals surface area contributed by atoms with Crippen molar-refractivity contribution in [2.24, 2.45) is 0 Å². The van der Waals surface area contributed by atoms with E-state index in [1.807, 2.05) is 24.3 Å². The van der Waals surface area contributed by atoms with E-state index in [1.165, 1.54) is 17.2 Å². The topological polar surface area (TPSA) is 118 Å². The third-order valence-corrected chi connectivity index (χ3v) is 12.0. The lowest BCUT2D eigenvalue weighted by atomic mass is 10.4. The van der Waals surface area contributed by atoms with Crippen LogP contribution in [0.1, 0.15) is 0 Å². The van der Waals surface area contributed by atoms with Crippen molar-refractivity contribution in [2.75, 3.05) is 53.8 Å². The van der Waals surface area contributed by atoms with E-state index < -0.39 is 43.9 Å². The molecule has 1 fully saturated rings. The zero-order valence-corrected chi connectivity index (χ0v) is 29.2. The Morgan fingerprint density at radius 3 is 0.646 bits per heavy atom. The molecule has 0 aliphatic carbocycles. The maximum atomic E-state index is 13.6. The number of rotatable bonds is 8. The van der Waals surface area contributed by atoms with Gasteiger partial charge in [0.2, 0.25) is 0 Å². The Hall–Kier alpha value is -2.84. The molecule has 4 aromatic carbocycles. The highest BCUT2D eigenvalue weighted by Crippen LogP contribution is 2.17. The van der Waals surface area contributed by atoms with Crippen molar-refractivity contribution in [2.45, 2.75) is 19.6 Å². The van der Waals surface area contributed by atoms with Gasteiger partial charge in [-0.2, -0.15) is 17.2 Å². The summed E-state index contributed by atoms with van der Waals surface area (Å²) >= 11 is 0. The summed E-state index contributed by atoms with van der Waals surface area (Å²) in [4.78, 5) is 2.14. The second-order valence-electron chi connectivity index (χ2n) is 10.0. The van der Waals surface area contributed by atoms with Crippen LogP contribution in [0.3, 0.4) is 0 Å². The Kier molecular flexibility index (Phi) is 14.7. The molecule has 0 N–H and O–H groups in total. The van der Waals surface area contributed by atoms with Crippen LogP contribution in [0.15, 0.2) is 141 Å². The van der Waals surface area contributed by atoms with Crippen LogP contribution in [-0.4, -0.2) is 87.9 Å². The van der Waals surface area contributed by atoms with E-state index in [2.05, 4.69) is 0 Å². The molecule has 1 heterocycles. The SMILES string of the molecule is O=[S@](c1ccccc1)N1COCN([S@@](=O)c2ccccc2)COCN([S@](=O)c2ccccc2)COCN([S@@](=O)c2ccccc2)COC1. The van der Waals surface area contributed by atoms with Crippen LogP contribution >= 0.6 is 0 Å². The predicted octanol–water partition coefficient (Wildman–Crippen LogP) is 3.83. The molecule has 0 bridgehead atoms. The van der Waals surface area contributed by atoms with Crippen molar-refractivity contribution in [1.82, 2.24) is 17.2 Å². The maximum absolute atomic E-state index is 13.6. The molecule has 0 spiro atoms. The second kappa shape index (κ2) is 19.4. The molecule has 256 valence electrons. The van der Waals surface area contributed by atoms with Gasteiger partial charge in [0.05, 0.1) is 19.6 Å². The molecule has 4 aromatic rings. The fourth-order valence-corrected chi connectivity index (χ4v) is 8.37. The Balaban J connectivity index is 1.39. The first-order valence-electron chi connectivity index (χ1n) is 14.7. The van der Waals surface area contributed by atoms with Gasteiger partial charge < -0.3 is 18.9 Å². The molecule has 1 aliphatic rings. The molecule has 16 heteroatoms. The minimum atomic E-state index is -1.68. The number of nitrogens with zero attached hydrogens (tertiary/aromatic N) is 4. The van der Waals surface area contributed by atoms with Gasteiger partial charge in [0.1, 0.15) is 97.8 Å². The van der Waals surface area contributed by atoms with E-state index in [0.29, 0.717) is 19.6 Å². The van der Waals surface area contributed by atoms with Crippen molar-refractivity contribution in [1.29, 1.82) is 0 Å². The summed E-state index contributed by atoms with van der Waals surface area (Å²) in [7, 11) is -6.71. The lowest BCUT2D eigenvalue weighted by molar-refractivity contribution is -0.0843. The van der Waals surface area contributed by atoms with E-state index in [4.69, 9.17) is 18.9 Å². The van der Waals surface area contributed by atoms with Crippen LogP contribution in [0.2, 0.25) is 0 Å². The highest BCUT2D eigenvalue weighted by atomic mass is 32.2. The van der Waals surface area contributed by atoms with Crippen molar-refractivity contribution in [3.63, 3.8) is 0 Å². The summed E-state index contributed by atoms with van der Waals surface area (Å²) in [6.07, 6.45) is 0. The largest absolute Gasteiger partial charge is 0.349 e. The van der Waals surface area contributed by atoms with Gasteiger partial charge in [-0.1, -0.05) is 72.8 Å². The molecule has 0 amide bonds. The molecule has 12 nitrogen and oxygen atoms in total. The number of ether oxygens (including phenoxy) is 4. The lowest BCUT2D eigenvalue weighted by Gasteiger charge is -2.28. The summed E-state index contributed by atoms with van der Waals surface area (Å²) in [6, 6.07) is 35.4. The summed E-state index contributed by atoms with van der Waals surface area (Å²) in [6.45, 7) is -1.28. The van der Waals surface area contributed by atoms with Gasteiger partial charge in [0, 0.05) is 0 Å². The number of hydrogen-bond acceptors (Lipinski definition) is 8. The quantitative estimate of drug-likeness (QED) is 0.269. The number of benzene rings is 4. The first-order chi connectivity index (χ1) is 23.5. The van der Waals surface area contributed by atoms with E-state index in [-0.39, 0.29) is 53.8 Å². The van der Waals surface area contributed by atoms with Gasteiger partial charge in [-0.3, -0.25) is 0 Å². The van der Waals surface area contributed by atoms with Gasteiger partial charge in [0.25, 0.3) is 0 Å². The molecule has 48 heavy (non-hydrogen) atoms. The molecule has 1 aliphatic heterocycles. The zero-order valence-electron chi connectivity index (χ0n) is 25.9. The number of hydrogen-bond donors (Lipinski definition) is 0. The van der Waals surface area contributed by atoms with Crippen molar-refractivity contribution in [3.8, 4) is 0 Å². The molecular weight excluding hydrogens is 697 g/mol. The maximum Gasteiger partial charge on any atom is 0.131 e. The monoisotopic (exact) mass is 732 g/mol. The van der Waals surface area contributed by atoms with Crippen LogP contribution < -0.4 is 0 Å². The van der Waals surface area contributed by atoms with Gasteiger partial charge in [-0.05, 0) is 48.5 Å². The van der Waals surface area contributed by atoms with Crippen molar-refractivity contribution < 1.29 is 35.8 Å². The molecule has 4 atom stereocenters. The van der Waals surface area contributed by atoms with Crippen LogP contribution in [0, 0.1) is 0 Å². The van der Waals surface area contributed by atoms with E-state index in [0.717, 1.165) is 0 Å². The Morgan fingerprint density at radius 2 is 0.479 bits per heavy atom. The zero-order chi connectivity index (χ0) is 33.6. The summed E-state index contributed by atoms with van der Waals surface area (Å²) < 4.78 is 84.0. The predicted molar refractivity (Wildman–Crippen MR) is 182 cm³/mol. The van der Waals surface area contributed by atoms with Gasteiger partial charge in [-0.15, -0.1) is 0 Å². The fraction of sp³-hybridized carbons (Fsp3) is 0.250. The minimum Gasteiger partial charge on any atom is -0.349 e. The first kappa shape index (κ1) is 36.4.